The fourth-order valence-electron chi connectivity index (χ4n) is 13.5. The molecule has 0 unspecified atom stereocenters. The molecule has 432 valence electrons. The third-order valence-electron chi connectivity index (χ3n) is 17.9. The van der Waals surface area contributed by atoms with Crippen LogP contribution in [0, 0.1) is 5.82 Å². The van der Waals surface area contributed by atoms with Crippen LogP contribution in [0.3, 0.4) is 0 Å². The summed E-state index contributed by atoms with van der Waals surface area (Å²) in [5, 5.41) is 7.27. The predicted octanol–water partition coefficient (Wildman–Crippen LogP) is 17.3. The standard InChI is InChI=1S/C36H22BrNS.C24H15FS.C13H9Br.CH4.B16/c37-24-18-20-32-30(22-24)27-14-6-8-16-31(27)38(32)33-21-19-28(35-29-15-7-9-17-34(29)39-36(33)35)26-13-5-4-12-25(26)23-10-2-1-3-11-23;25-21-15-14-19(23-20-12-6-7-13-22(20)26-24(21)23)18-11-5-4-10-17(18)16-8-2-1-3-9-16;14-11-6-5-10-7-9-3-1-2-4-12(9)13(10)8-11;;1-10(2)14(9)16(13(7)8)15(11(3)4)12(5)6/h1-22H;1-15H;1-6,8H,7H2;1H4;. The average Bonchev–Trinajstić information content (AvgIpc) is 1.56. The topological polar surface area (TPSA) is 4.93 Å². The van der Waals surface area contributed by atoms with E-state index in [2.05, 4.69) is 255 Å². The van der Waals surface area contributed by atoms with Crippen molar-refractivity contribution in [3.05, 3.63) is 293 Å². The van der Waals surface area contributed by atoms with E-state index in [0.717, 1.165) is 52.2 Å². The summed E-state index contributed by atoms with van der Waals surface area (Å²) in [4.78, 5) is 0. The molecule has 0 amide bonds. The summed E-state index contributed by atoms with van der Waals surface area (Å²) in [5.41, 5.74) is 18.9. The lowest BCUT2D eigenvalue weighted by Gasteiger charge is -2.37. The Balaban J connectivity index is 0.000000133. The highest BCUT2D eigenvalue weighted by Crippen LogP contribution is 2.48. The minimum Gasteiger partial charge on any atom is -0.308 e. The Morgan fingerprint density at radius 1 is 0.344 bits per heavy atom. The zero-order valence-corrected chi connectivity index (χ0v) is 56.6. The van der Waals surface area contributed by atoms with Gasteiger partial charge >= 0.3 is 0 Å². The first-order valence-electron chi connectivity index (χ1n) is 31.3. The summed E-state index contributed by atoms with van der Waals surface area (Å²) < 4.78 is 23.7. The minimum atomic E-state index is -0.807. The number of fused-ring (bicyclic) bond motifs is 12. The molecule has 0 saturated heterocycles. The molecule has 18 radical (unpaired) electrons. The van der Waals surface area contributed by atoms with Crippen LogP contribution >= 0.6 is 54.5 Å². The number of rotatable bonds is 11. The van der Waals surface area contributed by atoms with Gasteiger partial charge < -0.3 is 4.57 Å². The van der Waals surface area contributed by atoms with E-state index in [4.69, 9.17) is 69.6 Å². The normalized spacial score (nSPS) is 11.1. The van der Waals surface area contributed by atoms with E-state index in [1.807, 2.05) is 53.8 Å². The van der Waals surface area contributed by atoms with E-state index in [9.17, 15) is 4.39 Å². The van der Waals surface area contributed by atoms with Gasteiger partial charge in [0.25, 0.3) is 0 Å². The van der Waals surface area contributed by atoms with Crippen LogP contribution in [-0.4, -0.2) is 119 Å². The van der Waals surface area contributed by atoms with Crippen molar-refractivity contribution >= 4 is 231 Å². The van der Waals surface area contributed by atoms with Crippen LogP contribution in [0.5, 0.6) is 0 Å². The summed E-state index contributed by atoms with van der Waals surface area (Å²) in [5.74, 6) is -0.151. The van der Waals surface area contributed by atoms with Gasteiger partial charge in [0, 0.05) is 165 Å². The van der Waals surface area contributed by atoms with E-state index in [1.54, 1.807) is 6.07 Å². The SMILES string of the molecule is Brc1ccc2c(c1)-c1ccccc1C2.Brc1ccc2c(c1)c1ccccc1n2-c1ccc(-c2ccccc2-c2ccccc2)c2c1sc1ccccc12.C.Fc1ccc(-c2ccccc2-c2ccccc2)c2c1sc1ccccc12.[B]B([B])B([B])B(B([B])[B])B(B([B])[B])B([B])[B]. The molecule has 0 aliphatic heterocycles. The Kier molecular flexibility index (Phi) is 21.7. The minimum absolute atomic E-state index is 0. The molecule has 3 heterocycles. The Morgan fingerprint density at radius 2 is 0.781 bits per heavy atom. The number of halogens is 3. The number of thiophene rings is 2. The van der Waals surface area contributed by atoms with Crippen molar-refractivity contribution in [3.8, 4) is 61.3 Å². The highest BCUT2D eigenvalue weighted by molar-refractivity contribution is 9.10. The number of para-hydroxylation sites is 1. The van der Waals surface area contributed by atoms with E-state index in [-0.39, 0.29) is 13.2 Å². The van der Waals surface area contributed by atoms with Crippen LogP contribution in [0.4, 0.5) is 4.39 Å². The van der Waals surface area contributed by atoms with Gasteiger partial charge in [-0.1, -0.05) is 246 Å². The average molecular weight is 1370 g/mol. The van der Waals surface area contributed by atoms with Gasteiger partial charge in [0.2, 0.25) is 0 Å². The van der Waals surface area contributed by atoms with Gasteiger partial charge in [-0.25, -0.2) is 4.39 Å². The van der Waals surface area contributed by atoms with Crippen LogP contribution in [-0.2, 0) is 6.42 Å². The van der Waals surface area contributed by atoms with Gasteiger partial charge in [-0.05, 0) is 134 Å². The van der Waals surface area contributed by atoms with Crippen molar-refractivity contribution in [1.29, 1.82) is 0 Å². The zero-order chi connectivity index (χ0) is 66.0. The predicted molar refractivity (Wildman–Crippen MR) is 444 cm³/mol. The van der Waals surface area contributed by atoms with Crippen LogP contribution in [0.2, 0.25) is 0 Å². The molecule has 16 rings (SSSR count). The lowest BCUT2D eigenvalue weighted by atomic mass is 8.44. The Labute approximate surface area is 602 Å². The Bertz CT molecular complexity index is 5260. The van der Waals surface area contributed by atoms with E-state index < -0.39 is 44.7 Å². The van der Waals surface area contributed by atoms with E-state index in [1.165, 1.54) is 109 Å². The summed E-state index contributed by atoms with van der Waals surface area (Å²) >= 11 is 10.6. The molecule has 96 heavy (non-hydrogen) atoms. The largest absolute Gasteiger partial charge is 0.308 e. The number of aromatic nitrogens is 1. The van der Waals surface area contributed by atoms with Crippen molar-refractivity contribution < 1.29 is 4.39 Å². The Hall–Kier alpha value is -7.19. The molecule has 0 fully saturated rings. The molecular formula is C74H50B16Br2FNS2. The van der Waals surface area contributed by atoms with Crippen LogP contribution in [0.1, 0.15) is 18.6 Å². The summed E-state index contributed by atoms with van der Waals surface area (Å²) in [6.07, 6.45) is -3.94. The van der Waals surface area contributed by atoms with Gasteiger partial charge in [-0.3, -0.25) is 0 Å². The number of benzene rings is 12. The van der Waals surface area contributed by atoms with Crippen LogP contribution < -0.4 is 0 Å². The molecule has 0 atom stereocenters. The lowest BCUT2D eigenvalue weighted by Crippen LogP contribution is -2.75. The number of hydrogen-bond donors (Lipinski definition) is 0. The van der Waals surface area contributed by atoms with Crippen molar-refractivity contribution in [1.82, 2.24) is 4.57 Å². The third kappa shape index (κ3) is 13.9. The molecule has 0 bridgehead atoms. The number of hydrogen-bond acceptors (Lipinski definition) is 2. The molecule has 3 aromatic heterocycles. The maximum atomic E-state index is 14.6. The highest BCUT2D eigenvalue weighted by Gasteiger charge is 2.38. The van der Waals surface area contributed by atoms with E-state index in [0.29, 0.717) is 0 Å². The van der Waals surface area contributed by atoms with Gasteiger partial charge in [-0.15, -0.1) is 22.7 Å². The van der Waals surface area contributed by atoms with Gasteiger partial charge in [-0.2, -0.15) is 0 Å². The lowest BCUT2D eigenvalue weighted by molar-refractivity contribution is 0.642. The monoisotopic (exact) mass is 1370 g/mol. The summed E-state index contributed by atoms with van der Waals surface area (Å²) in [6, 6.07) is 93.9. The second-order valence-electron chi connectivity index (χ2n) is 23.8. The summed E-state index contributed by atoms with van der Waals surface area (Å²) in [7, 11) is 50.4. The molecular weight excluding hydrogens is 1320 g/mol. The fourth-order valence-corrected chi connectivity index (χ4v) is 16.6. The second kappa shape index (κ2) is 30.3. The number of nitrogens with zero attached hydrogens (tertiary/aromatic N) is 1. The van der Waals surface area contributed by atoms with Crippen LogP contribution in [0.25, 0.3) is 123 Å². The molecule has 22 heteroatoms. The smallest absolute Gasteiger partial charge is 0.141 e. The first kappa shape index (κ1) is 68.7. The first-order chi connectivity index (χ1) is 46.1. The molecule has 1 aliphatic rings. The maximum Gasteiger partial charge on any atom is 0.141 e. The van der Waals surface area contributed by atoms with Crippen molar-refractivity contribution in [3.63, 3.8) is 0 Å². The second-order valence-corrected chi connectivity index (χ2v) is 27.8. The molecule has 12 aromatic carbocycles. The highest BCUT2D eigenvalue weighted by atomic mass is 79.9. The molecule has 0 spiro atoms. The van der Waals surface area contributed by atoms with Crippen molar-refractivity contribution in [2.45, 2.75) is 13.8 Å². The molecule has 1 nitrogen and oxygen atoms in total. The van der Waals surface area contributed by atoms with Crippen molar-refractivity contribution in [2.75, 3.05) is 0 Å². The van der Waals surface area contributed by atoms with Gasteiger partial charge in [0.15, 0.2) is 0 Å². The summed E-state index contributed by atoms with van der Waals surface area (Å²) in [6.45, 7) is 0. The molecule has 1 aliphatic carbocycles. The third-order valence-corrected chi connectivity index (χ3v) is 21.2. The quantitative estimate of drug-likeness (QED) is 0.114. The van der Waals surface area contributed by atoms with Crippen LogP contribution in [0.15, 0.2) is 276 Å². The molecule has 0 N–H and O–H groups in total. The zero-order valence-electron chi connectivity index (χ0n) is 51.7. The molecule has 0 saturated carbocycles. The van der Waals surface area contributed by atoms with Gasteiger partial charge in [0.05, 0.1) is 26.1 Å². The maximum absolute atomic E-state index is 14.6. The first-order valence-corrected chi connectivity index (χ1v) is 34.6. The van der Waals surface area contributed by atoms with Crippen molar-refractivity contribution in [2.24, 2.45) is 0 Å². The molecule has 15 aromatic rings. The van der Waals surface area contributed by atoms with E-state index >= 15 is 0 Å². The van der Waals surface area contributed by atoms with Gasteiger partial charge in [0.1, 0.15) is 5.82 Å². The fraction of sp³-hybridized carbons (Fsp3) is 0.0270. The Morgan fingerprint density at radius 3 is 1.35 bits per heavy atom.